The van der Waals surface area contributed by atoms with Crippen LogP contribution in [0.1, 0.15) is 16.0 Å². The van der Waals surface area contributed by atoms with Crippen LogP contribution in [0.4, 0.5) is 0 Å². The molecule has 0 saturated carbocycles. The summed E-state index contributed by atoms with van der Waals surface area (Å²) < 4.78 is 5.75. The number of nitrogens with zero attached hydrogens (tertiary/aromatic N) is 1. The maximum absolute atomic E-state index is 6.04. The van der Waals surface area contributed by atoms with Crippen molar-refractivity contribution in [2.45, 2.75) is 13.0 Å². The zero-order valence-electron chi connectivity index (χ0n) is 10.6. The van der Waals surface area contributed by atoms with Gasteiger partial charge in [-0.05, 0) is 19.1 Å². The monoisotopic (exact) mass is 294 g/mol. The highest BCUT2D eigenvalue weighted by Crippen LogP contribution is 2.32. The molecule has 1 aliphatic heterocycles. The van der Waals surface area contributed by atoms with Crippen molar-refractivity contribution in [3.63, 3.8) is 0 Å². The smallest absolute Gasteiger partial charge is 0.124 e. The lowest BCUT2D eigenvalue weighted by Gasteiger charge is -2.21. The lowest BCUT2D eigenvalue weighted by Crippen LogP contribution is -2.33. The second-order valence-corrected chi connectivity index (χ2v) is 6.20. The zero-order chi connectivity index (χ0) is 13.2. The largest absolute Gasteiger partial charge is 0.368 e. The Morgan fingerprint density at radius 2 is 2.37 bits per heavy atom. The predicted octanol–water partition coefficient (Wildman–Crippen LogP) is 3.43. The Hall–Kier alpha value is -0.940. The van der Waals surface area contributed by atoms with Crippen LogP contribution in [0.3, 0.4) is 0 Å². The number of rotatable bonds is 2. The van der Waals surface area contributed by atoms with Crippen molar-refractivity contribution in [3.8, 4) is 11.3 Å². The molecule has 2 aromatic rings. The van der Waals surface area contributed by atoms with Crippen LogP contribution >= 0.6 is 22.9 Å². The highest BCUT2D eigenvalue weighted by Gasteiger charge is 2.21. The number of morpholine rings is 1. The topological polar surface area (TPSA) is 34.1 Å². The van der Waals surface area contributed by atoms with Gasteiger partial charge in [0.2, 0.25) is 0 Å². The Labute approximate surface area is 121 Å². The minimum atomic E-state index is 0.0744. The maximum atomic E-state index is 6.04. The summed E-state index contributed by atoms with van der Waals surface area (Å²) >= 11 is 7.75. The summed E-state index contributed by atoms with van der Waals surface area (Å²) in [6, 6.07) is 7.82. The fourth-order valence-corrected chi connectivity index (χ4v) is 3.37. The fourth-order valence-electron chi connectivity index (χ4n) is 2.18. The van der Waals surface area contributed by atoms with E-state index in [0.717, 1.165) is 41.0 Å². The lowest BCUT2D eigenvalue weighted by molar-refractivity contribution is 0.0276. The van der Waals surface area contributed by atoms with Crippen molar-refractivity contribution in [2.75, 3.05) is 19.7 Å². The molecule has 0 radical (unpaired) electrons. The van der Waals surface area contributed by atoms with E-state index >= 15 is 0 Å². The van der Waals surface area contributed by atoms with Gasteiger partial charge in [-0.25, -0.2) is 4.98 Å². The first kappa shape index (κ1) is 13.1. The Balaban J connectivity index is 1.92. The minimum absolute atomic E-state index is 0.0744. The fraction of sp³-hybridized carbons (Fsp3) is 0.357. The predicted molar refractivity (Wildman–Crippen MR) is 78.9 cm³/mol. The third kappa shape index (κ3) is 2.82. The molecule has 0 bridgehead atoms. The van der Waals surface area contributed by atoms with Crippen LogP contribution in [0.15, 0.2) is 24.3 Å². The number of halogens is 1. The Bertz CT molecular complexity index is 579. The van der Waals surface area contributed by atoms with E-state index in [1.165, 1.54) is 4.88 Å². The van der Waals surface area contributed by atoms with Gasteiger partial charge < -0.3 is 10.1 Å². The van der Waals surface area contributed by atoms with Crippen LogP contribution in [0.2, 0.25) is 5.02 Å². The van der Waals surface area contributed by atoms with Crippen LogP contribution in [-0.4, -0.2) is 24.7 Å². The van der Waals surface area contributed by atoms with Gasteiger partial charge in [0, 0.05) is 28.6 Å². The molecule has 0 amide bonds. The molecular formula is C14H15ClN2OS. The quantitative estimate of drug-likeness (QED) is 0.921. The summed E-state index contributed by atoms with van der Waals surface area (Å²) in [6.45, 7) is 4.59. The van der Waals surface area contributed by atoms with E-state index in [4.69, 9.17) is 21.3 Å². The first-order valence-electron chi connectivity index (χ1n) is 6.29. The standard InChI is InChI=1S/C14H15ClN2OS/c1-9-13(10-3-2-4-11(15)7-10)17-14(19-9)12-8-16-5-6-18-12/h2-4,7,12,16H,5-6,8H2,1H3. The molecule has 0 spiro atoms. The van der Waals surface area contributed by atoms with Crippen molar-refractivity contribution in [3.05, 3.63) is 39.2 Å². The van der Waals surface area contributed by atoms with Crippen molar-refractivity contribution >= 4 is 22.9 Å². The first-order valence-corrected chi connectivity index (χ1v) is 7.49. The van der Waals surface area contributed by atoms with Crippen molar-refractivity contribution in [1.29, 1.82) is 0 Å². The number of aromatic nitrogens is 1. The summed E-state index contributed by atoms with van der Waals surface area (Å²) in [5.74, 6) is 0. The number of hydrogen-bond donors (Lipinski definition) is 1. The molecule has 100 valence electrons. The Morgan fingerprint density at radius 1 is 1.47 bits per heavy atom. The number of thiazole rings is 1. The number of ether oxygens (including phenoxy) is 1. The van der Waals surface area contributed by atoms with E-state index in [1.807, 2.05) is 24.3 Å². The lowest BCUT2D eigenvalue weighted by atomic mass is 10.1. The van der Waals surface area contributed by atoms with Gasteiger partial charge in [-0.15, -0.1) is 11.3 Å². The molecule has 0 aliphatic carbocycles. The highest BCUT2D eigenvalue weighted by atomic mass is 35.5. The SMILES string of the molecule is Cc1sc(C2CNCCO2)nc1-c1cccc(Cl)c1. The van der Waals surface area contributed by atoms with E-state index in [-0.39, 0.29) is 6.10 Å². The van der Waals surface area contributed by atoms with Crippen LogP contribution in [0.5, 0.6) is 0 Å². The average molecular weight is 295 g/mol. The van der Waals surface area contributed by atoms with Gasteiger partial charge in [0.15, 0.2) is 0 Å². The summed E-state index contributed by atoms with van der Waals surface area (Å²) in [4.78, 5) is 5.94. The van der Waals surface area contributed by atoms with Gasteiger partial charge >= 0.3 is 0 Å². The maximum Gasteiger partial charge on any atom is 0.124 e. The molecule has 1 unspecified atom stereocenters. The van der Waals surface area contributed by atoms with Gasteiger partial charge in [0.25, 0.3) is 0 Å². The molecule has 1 aromatic heterocycles. The minimum Gasteiger partial charge on any atom is -0.368 e. The zero-order valence-corrected chi connectivity index (χ0v) is 12.2. The Morgan fingerprint density at radius 3 is 3.11 bits per heavy atom. The second kappa shape index (κ2) is 5.59. The molecule has 1 aliphatic rings. The molecule has 19 heavy (non-hydrogen) atoms. The third-order valence-corrected chi connectivity index (χ3v) is 4.41. The number of benzene rings is 1. The summed E-state index contributed by atoms with van der Waals surface area (Å²) in [6.07, 6.45) is 0.0744. The molecule has 3 nitrogen and oxygen atoms in total. The third-order valence-electron chi connectivity index (χ3n) is 3.11. The molecular weight excluding hydrogens is 280 g/mol. The van der Waals surface area contributed by atoms with Crippen molar-refractivity contribution in [1.82, 2.24) is 10.3 Å². The van der Waals surface area contributed by atoms with Crippen LogP contribution < -0.4 is 5.32 Å². The van der Waals surface area contributed by atoms with Gasteiger partial charge in [-0.1, -0.05) is 23.7 Å². The normalized spacial score (nSPS) is 19.6. The molecule has 2 heterocycles. The molecule has 1 N–H and O–H groups in total. The van der Waals surface area contributed by atoms with E-state index in [2.05, 4.69) is 12.2 Å². The summed E-state index contributed by atoms with van der Waals surface area (Å²) in [7, 11) is 0. The number of hydrogen-bond acceptors (Lipinski definition) is 4. The molecule has 1 atom stereocenters. The van der Waals surface area contributed by atoms with Crippen LogP contribution in [0.25, 0.3) is 11.3 Å². The van der Waals surface area contributed by atoms with Crippen LogP contribution in [0, 0.1) is 6.92 Å². The first-order chi connectivity index (χ1) is 9.24. The number of aryl methyl sites for hydroxylation is 1. The molecule has 1 aromatic carbocycles. The highest BCUT2D eigenvalue weighted by molar-refractivity contribution is 7.12. The molecule has 5 heteroatoms. The summed E-state index contributed by atoms with van der Waals surface area (Å²) in [5.41, 5.74) is 2.08. The Kier molecular flexibility index (Phi) is 3.84. The van der Waals surface area contributed by atoms with Gasteiger partial charge in [0.1, 0.15) is 11.1 Å². The molecule has 1 saturated heterocycles. The van der Waals surface area contributed by atoms with Gasteiger partial charge in [-0.3, -0.25) is 0 Å². The summed E-state index contributed by atoms with van der Waals surface area (Å²) in [5, 5.41) is 5.11. The van der Waals surface area contributed by atoms with Gasteiger partial charge in [0.05, 0.1) is 12.3 Å². The number of nitrogens with one attached hydrogen (secondary N) is 1. The van der Waals surface area contributed by atoms with Gasteiger partial charge in [-0.2, -0.15) is 0 Å². The van der Waals surface area contributed by atoms with E-state index in [1.54, 1.807) is 11.3 Å². The molecule has 3 rings (SSSR count). The second-order valence-electron chi connectivity index (χ2n) is 4.53. The van der Waals surface area contributed by atoms with Crippen molar-refractivity contribution in [2.24, 2.45) is 0 Å². The van der Waals surface area contributed by atoms with E-state index in [9.17, 15) is 0 Å². The van der Waals surface area contributed by atoms with E-state index in [0.29, 0.717) is 0 Å². The van der Waals surface area contributed by atoms with Crippen molar-refractivity contribution < 1.29 is 4.74 Å². The average Bonchev–Trinajstić information content (AvgIpc) is 2.82. The van der Waals surface area contributed by atoms with E-state index < -0.39 is 0 Å². The van der Waals surface area contributed by atoms with Crippen LogP contribution in [-0.2, 0) is 4.74 Å². The molecule has 1 fully saturated rings.